The maximum Gasteiger partial charge on any atom is 0.253 e. The van der Waals surface area contributed by atoms with Gasteiger partial charge < -0.3 is 19.9 Å². The number of pyridine rings is 1. The van der Waals surface area contributed by atoms with Crippen molar-refractivity contribution in [3.05, 3.63) is 47.7 Å². The Morgan fingerprint density at radius 1 is 1.23 bits per heavy atom. The summed E-state index contributed by atoms with van der Waals surface area (Å²) < 4.78 is 5.03. The Bertz CT molecular complexity index is 1030. The first kappa shape index (κ1) is 21.4. The van der Waals surface area contributed by atoms with Gasteiger partial charge in [0.15, 0.2) is 5.65 Å². The number of likely N-dealkylation sites (N-methyl/N-ethyl adjacent to an activating group) is 1. The van der Waals surface area contributed by atoms with E-state index in [1.807, 2.05) is 6.07 Å². The van der Waals surface area contributed by atoms with Crippen molar-refractivity contribution in [1.29, 1.82) is 0 Å². The lowest BCUT2D eigenvalue weighted by molar-refractivity contribution is 0.0950. The van der Waals surface area contributed by atoms with E-state index in [0.717, 1.165) is 50.5 Å². The van der Waals surface area contributed by atoms with Crippen LogP contribution in [0.15, 0.2) is 36.5 Å². The van der Waals surface area contributed by atoms with E-state index in [9.17, 15) is 4.79 Å². The van der Waals surface area contributed by atoms with Crippen LogP contribution in [-0.4, -0.2) is 84.1 Å². The predicted molar refractivity (Wildman–Crippen MR) is 121 cm³/mol. The molecule has 2 aromatic heterocycles. The fourth-order valence-electron chi connectivity index (χ4n) is 3.83. The lowest BCUT2D eigenvalue weighted by Crippen LogP contribution is -2.43. The lowest BCUT2D eigenvalue weighted by Gasteiger charge is -2.32. The molecule has 8 heteroatoms. The van der Waals surface area contributed by atoms with Crippen molar-refractivity contribution in [3.8, 4) is 11.4 Å². The summed E-state index contributed by atoms with van der Waals surface area (Å²) in [5, 5.41) is 2.93. The summed E-state index contributed by atoms with van der Waals surface area (Å²) in [6, 6.07) is 10.1. The minimum absolute atomic E-state index is 0.137. The SMILES string of the molecule is COCCCNC(=O)c1ccnc2nc(-c3cccc(CN4CCN(C)CC4)c3)[nH]c12. The molecular weight excluding hydrogens is 392 g/mol. The van der Waals surface area contributed by atoms with Gasteiger partial charge in [-0.3, -0.25) is 9.69 Å². The fourth-order valence-corrected chi connectivity index (χ4v) is 3.83. The highest BCUT2D eigenvalue weighted by Crippen LogP contribution is 2.23. The zero-order valence-electron chi connectivity index (χ0n) is 18.2. The Kier molecular flexibility index (Phi) is 6.91. The number of carbonyl (C=O) groups excluding carboxylic acids is 1. The average Bonchev–Trinajstić information content (AvgIpc) is 3.23. The van der Waals surface area contributed by atoms with Gasteiger partial charge in [-0.1, -0.05) is 18.2 Å². The fraction of sp³-hybridized carbons (Fsp3) is 0.435. The van der Waals surface area contributed by atoms with Gasteiger partial charge in [0, 0.05) is 64.7 Å². The number of carbonyl (C=O) groups is 1. The third-order valence-electron chi connectivity index (χ3n) is 5.65. The maximum absolute atomic E-state index is 12.6. The van der Waals surface area contributed by atoms with E-state index in [0.29, 0.717) is 29.9 Å². The van der Waals surface area contributed by atoms with Crippen LogP contribution in [-0.2, 0) is 11.3 Å². The average molecular weight is 423 g/mol. The van der Waals surface area contributed by atoms with Crippen LogP contribution in [0.3, 0.4) is 0 Å². The van der Waals surface area contributed by atoms with Crippen LogP contribution in [0.4, 0.5) is 0 Å². The zero-order valence-corrected chi connectivity index (χ0v) is 18.2. The quantitative estimate of drug-likeness (QED) is 0.541. The number of fused-ring (bicyclic) bond motifs is 1. The van der Waals surface area contributed by atoms with Crippen LogP contribution in [0, 0.1) is 0 Å². The summed E-state index contributed by atoms with van der Waals surface area (Å²) in [4.78, 5) is 29.8. The molecule has 0 atom stereocenters. The summed E-state index contributed by atoms with van der Waals surface area (Å²) >= 11 is 0. The molecule has 1 saturated heterocycles. The molecule has 164 valence electrons. The van der Waals surface area contributed by atoms with Gasteiger partial charge in [0.25, 0.3) is 5.91 Å². The highest BCUT2D eigenvalue weighted by molar-refractivity contribution is 6.04. The number of ether oxygens (including phenoxy) is 1. The first-order valence-corrected chi connectivity index (χ1v) is 10.8. The van der Waals surface area contributed by atoms with E-state index >= 15 is 0 Å². The number of rotatable bonds is 8. The smallest absolute Gasteiger partial charge is 0.253 e. The van der Waals surface area contributed by atoms with E-state index in [2.05, 4.69) is 55.3 Å². The van der Waals surface area contributed by atoms with Crippen LogP contribution in [0.25, 0.3) is 22.6 Å². The molecular formula is C23H30N6O2. The Balaban J connectivity index is 1.51. The van der Waals surface area contributed by atoms with Crippen molar-refractivity contribution in [2.75, 3.05) is 53.5 Å². The second kappa shape index (κ2) is 10.00. The van der Waals surface area contributed by atoms with Gasteiger partial charge in [-0.15, -0.1) is 0 Å². The molecule has 0 saturated carbocycles. The van der Waals surface area contributed by atoms with Gasteiger partial charge in [-0.2, -0.15) is 0 Å². The van der Waals surface area contributed by atoms with E-state index < -0.39 is 0 Å². The molecule has 1 aromatic carbocycles. The van der Waals surface area contributed by atoms with E-state index in [4.69, 9.17) is 4.74 Å². The highest BCUT2D eigenvalue weighted by atomic mass is 16.5. The summed E-state index contributed by atoms with van der Waals surface area (Å²) in [7, 11) is 3.82. The Morgan fingerprint density at radius 2 is 2.06 bits per heavy atom. The highest BCUT2D eigenvalue weighted by Gasteiger charge is 2.16. The number of piperazine rings is 1. The van der Waals surface area contributed by atoms with E-state index in [-0.39, 0.29) is 5.91 Å². The second-order valence-corrected chi connectivity index (χ2v) is 8.02. The van der Waals surface area contributed by atoms with Gasteiger partial charge >= 0.3 is 0 Å². The second-order valence-electron chi connectivity index (χ2n) is 8.02. The van der Waals surface area contributed by atoms with Crippen molar-refractivity contribution >= 4 is 17.1 Å². The molecule has 1 aliphatic heterocycles. The number of aromatic amines is 1. The van der Waals surface area contributed by atoms with E-state index in [1.54, 1.807) is 19.4 Å². The Labute approximate surface area is 182 Å². The van der Waals surface area contributed by atoms with Crippen LogP contribution >= 0.6 is 0 Å². The monoisotopic (exact) mass is 422 g/mol. The molecule has 0 unspecified atom stereocenters. The number of benzene rings is 1. The number of nitrogens with one attached hydrogen (secondary N) is 2. The summed E-state index contributed by atoms with van der Waals surface area (Å²) in [6.45, 7) is 6.47. The zero-order chi connectivity index (χ0) is 21.6. The van der Waals surface area contributed by atoms with Gasteiger partial charge in [-0.25, -0.2) is 9.97 Å². The molecule has 8 nitrogen and oxygen atoms in total. The molecule has 2 N–H and O–H groups in total. The van der Waals surface area contributed by atoms with Crippen LogP contribution < -0.4 is 5.32 Å². The molecule has 0 spiro atoms. The van der Waals surface area contributed by atoms with Crippen LogP contribution in [0.2, 0.25) is 0 Å². The number of hydrogen-bond acceptors (Lipinski definition) is 6. The van der Waals surface area contributed by atoms with Gasteiger partial charge in [0.2, 0.25) is 0 Å². The van der Waals surface area contributed by atoms with Gasteiger partial charge in [0.1, 0.15) is 5.82 Å². The molecule has 0 aliphatic carbocycles. The standard InChI is InChI=1S/C23H30N6O2/c1-28-10-12-29(13-11-28)16-17-5-3-6-18(15-17)21-26-20-19(7-9-24-22(20)27-21)23(30)25-8-4-14-31-2/h3,5-7,9,15H,4,8,10-14,16H2,1-2H3,(H,25,30)(H,24,26,27). The van der Waals surface area contributed by atoms with Gasteiger partial charge in [0.05, 0.1) is 11.1 Å². The summed E-state index contributed by atoms with van der Waals surface area (Å²) in [5.41, 5.74) is 4.01. The topological polar surface area (TPSA) is 86.4 Å². The third kappa shape index (κ3) is 5.28. The van der Waals surface area contributed by atoms with Crippen molar-refractivity contribution in [3.63, 3.8) is 0 Å². The van der Waals surface area contributed by atoms with Crippen LogP contribution in [0.1, 0.15) is 22.3 Å². The van der Waals surface area contributed by atoms with E-state index in [1.165, 1.54) is 5.56 Å². The van der Waals surface area contributed by atoms with Crippen molar-refractivity contribution in [1.82, 2.24) is 30.1 Å². The predicted octanol–water partition coefficient (Wildman–Crippen LogP) is 2.14. The molecule has 0 bridgehead atoms. The third-order valence-corrected chi connectivity index (χ3v) is 5.65. The number of imidazole rings is 1. The van der Waals surface area contributed by atoms with Crippen molar-refractivity contribution < 1.29 is 9.53 Å². The lowest BCUT2D eigenvalue weighted by atomic mass is 10.1. The molecule has 0 radical (unpaired) electrons. The Morgan fingerprint density at radius 3 is 2.87 bits per heavy atom. The number of hydrogen-bond donors (Lipinski definition) is 2. The summed E-state index contributed by atoms with van der Waals surface area (Å²) in [6.07, 6.45) is 2.39. The molecule has 31 heavy (non-hydrogen) atoms. The Hall–Kier alpha value is -2.81. The molecule has 3 aromatic rings. The molecule has 3 heterocycles. The number of amides is 1. The molecule has 1 aliphatic rings. The number of nitrogens with zero attached hydrogens (tertiary/aromatic N) is 4. The van der Waals surface area contributed by atoms with Crippen molar-refractivity contribution in [2.45, 2.75) is 13.0 Å². The largest absolute Gasteiger partial charge is 0.385 e. The normalized spacial score (nSPS) is 15.4. The number of methoxy groups -OCH3 is 1. The molecule has 4 rings (SSSR count). The molecule has 1 fully saturated rings. The first-order chi connectivity index (χ1) is 15.1. The minimum Gasteiger partial charge on any atom is -0.385 e. The minimum atomic E-state index is -0.137. The van der Waals surface area contributed by atoms with Crippen molar-refractivity contribution in [2.24, 2.45) is 0 Å². The summed E-state index contributed by atoms with van der Waals surface area (Å²) in [5.74, 6) is 0.588. The maximum atomic E-state index is 12.6. The first-order valence-electron chi connectivity index (χ1n) is 10.8. The molecule has 1 amide bonds. The number of aromatic nitrogens is 3. The van der Waals surface area contributed by atoms with Gasteiger partial charge in [-0.05, 0) is 31.2 Å². The van der Waals surface area contributed by atoms with Crippen LogP contribution in [0.5, 0.6) is 0 Å². The number of H-pyrrole nitrogens is 1.